The van der Waals surface area contributed by atoms with Gasteiger partial charge >= 0.3 is 0 Å². The first kappa shape index (κ1) is 11.6. The summed E-state index contributed by atoms with van der Waals surface area (Å²) in [5, 5.41) is 4.06. The minimum atomic E-state index is -0.0212. The van der Waals surface area contributed by atoms with Crippen molar-refractivity contribution < 1.29 is 9.53 Å². The minimum absolute atomic E-state index is 0.0212. The Bertz CT molecular complexity index is 441. The smallest absolute Gasteiger partial charge is 0.240 e. The summed E-state index contributed by atoms with van der Waals surface area (Å²) in [6.07, 6.45) is 2.17. The molecule has 1 N–H and O–H groups in total. The van der Waals surface area contributed by atoms with Crippen LogP contribution in [0.3, 0.4) is 0 Å². The van der Waals surface area contributed by atoms with Gasteiger partial charge in [0.15, 0.2) is 0 Å². The molecular weight excluding hydrogens is 216 g/mol. The number of nitrogens with one attached hydrogen (secondary N) is 1. The van der Waals surface area contributed by atoms with Crippen molar-refractivity contribution in [3.05, 3.63) is 29.8 Å². The summed E-state index contributed by atoms with van der Waals surface area (Å²) in [5.41, 5.74) is 4.42. The van der Waals surface area contributed by atoms with Gasteiger partial charge in [-0.25, -0.2) is 5.43 Å². The van der Waals surface area contributed by atoms with Crippen molar-refractivity contribution in [1.29, 1.82) is 0 Å². The Morgan fingerprint density at radius 3 is 3.00 bits per heavy atom. The zero-order valence-electron chi connectivity index (χ0n) is 9.90. The SMILES string of the molecule is CCCOc1cccc(C2=NNC(=O)CC2)c1. The van der Waals surface area contributed by atoms with Crippen LogP contribution in [0.2, 0.25) is 0 Å². The predicted octanol–water partition coefficient (Wildman–Crippen LogP) is 2.09. The molecule has 1 amide bonds. The first-order chi connectivity index (χ1) is 8.29. The first-order valence-corrected chi connectivity index (χ1v) is 5.88. The van der Waals surface area contributed by atoms with Gasteiger partial charge in [0.1, 0.15) is 5.75 Å². The van der Waals surface area contributed by atoms with Crippen LogP contribution in [0, 0.1) is 0 Å². The Hall–Kier alpha value is -1.84. The summed E-state index contributed by atoms with van der Waals surface area (Å²) < 4.78 is 5.57. The summed E-state index contributed by atoms with van der Waals surface area (Å²) in [7, 11) is 0. The number of hydrogen-bond donors (Lipinski definition) is 1. The van der Waals surface area contributed by atoms with E-state index >= 15 is 0 Å². The molecule has 0 aliphatic carbocycles. The largest absolute Gasteiger partial charge is 0.494 e. The standard InChI is InChI=1S/C13H16N2O2/c1-2-8-17-11-5-3-4-10(9-11)12-6-7-13(16)15-14-12/h3-5,9H,2,6-8H2,1H3,(H,15,16). The van der Waals surface area contributed by atoms with E-state index in [0.717, 1.165) is 23.4 Å². The van der Waals surface area contributed by atoms with Crippen molar-refractivity contribution in [3.8, 4) is 5.75 Å². The maximum absolute atomic E-state index is 11.0. The number of nitrogens with zero attached hydrogens (tertiary/aromatic N) is 1. The van der Waals surface area contributed by atoms with Crippen LogP contribution < -0.4 is 10.2 Å². The van der Waals surface area contributed by atoms with E-state index in [2.05, 4.69) is 17.5 Å². The molecule has 1 aromatic carbocycles. The summed E-state index contributed by atoms with van der Waals surface area (Å²) in [5.74, 6) is 0.830. The molecule has 0 spiro atoms. The zero-order valence-corrected chi connectivity index (χ0v) is 9.90. The lowest BCUT2D eigenvalue weighted by molar-refractivity contribution is -0.121. The van der Waals surface area contributed by atoms with Crippen LogP contribution in [0.1, 0.15) is 31.7 Å². The molecule has 1 heterocycles. The van der Waals surface area contributed by atoms with Crippen molar-refractivity contribution in [1.82, 2.24) is 5.43 Å². The van der Waals surface area contributed by atoms with Crippen molar-refractivity contribution in [2.45, 2.75) is 26.2 Å². The van der Waals surface area contributed by atoms with Crippen LogP contribution in [0.15, 0.2) is 29.4 Å². The Morgan fingerprint density at radius 1 is 1.41 bits per heavy atom. The number of carbonyl (C=O) groups excluding carboxylic acids is 1. The van der Waals surface area contributed by atoms with E-state index in [4.69, 9.17) is 4.74 Å². The average molecular weight is 232 g/mol. The molecule has 0 aromatic heterocycles. The summed E-state index contributed by atoms with van der Waals surface area (Å²) >= 11 is 0. The first-order valence-electron chi connectivity index (χ1n) is 5.88. The average Bonchev–Trinajstić information content (AvgIpc) is 2.37. The van der Waals surface area contributed by atoms with Gasteiger partial charge in [0.25, 0.3) is 0 Å². The lowest BCUT2D eigenvalue weighted by Crippen LogP contribution is -2.25. The second kappa shape index (κ2) is 5.48. The molecule has 17 heavy (non-hydrogen) atoms. The lowest BCUT2D eigenvalue weighted by atomic mass is 10.0. The van der Waals surface area contributed by atoms with Crippen LogP contribution >= 0.6 is 0 Å². The molecule has 0 saturated carbocycles. The number of amides is 1. The van der Waals surface area contributed by atoms with Crippen LogP contribution in [-0.4, -0.2) is 18.2 Å². The molecule has 0 bridgehead atoms. The fourth-order valence-electron chi connectivity index (χ4n) is 1.67. The highest BCUT2D eigenvalue weighted by Crippen LogP contribution is 2.17. The maximum atomic E-state index is 11.0. The summed E-state index contributed by atoms with van der Waals surface area (Å²) in [4.78, 5) is 11.0. The molecule has 1 aromatic rings. The molecule has 2 rings (SSSR count). The maximum Gasteiger partial charge on any atom is 0.240 e. The van der Waals surface area contributed by atoms with Gasteiger partial charge in [-0.15, -0.1) is 0 Å². The van der Waals surface area contributed by atoms with Crippen molar-refractivity contribution >= 4 is 11.6 Å². The number of ether oxygens (including phenoxy) is 1. The zero-order chi connectivity index (χ0) is 12.1. The van der Waals surface area contributed by atoms with Crippen molar-refractivity contribution in [2.24, 2.45) is 5.10 Å². The third-order valence-corrected chi connectivity index (χ3v) is 2.54. The number of hydrogen-bond acceptors (Lipinski definition) is 3. The Balaban J connectivity index is 2.13. The van der Waals surface area contributed by atoms with E-state index in [1.54, 1.807) is 0 Å². The van der Waals surface area contributed by atoms with Gasteiger partial charge in [-0.3, -0.25) is 4.79 Å². The molecular formula is C13H16N2O2. The molecule has 0 unspecified atom stereocenters. The number of carbonyl (C=O) groups is 1. The van der Waals surface area contributed by atoms with Gasteiger partial charge in [0.2, 0.25) is 5.91 Å². The highest BCUT2D eigenvalue weighted by molar-refractivity contribution is 6.04. The van der Waals surface area contributed by atoms with E-state index in [9.17, 15) is 4.79 Å². The summed E-state index contributed by atoms with van der Waals surface area (Å²) in [6, 6.07) is 7.82. The predicted molar refractivity (Wildman–Crippen MR) is 66.1 cm³/mol. The van der Waals surface area contributed by atoms with Gasteiger partial charge in [-0.2, -0.15) is 5.10 Å². The molecule has 0 saturated heterocycles. The molecule has 1 aliphatic heterocycles. The fourth-order valence-corrected chi connectivity index (χ4v) is 1.67. The van der Waals surface area contributed by atoms with Crippen LogP contribution in [0.25, 0.3) is 0 Å². The second-order valence-electron chi connectivity index (χ2n) is 3.97. The summed E-state index contributed by atoms with van der Waals surface area (Å²) in [6.45, 7) is 2.79. The highest BCUT2D eigenvalue weighted by atomic mass is 16.5. The molecule has 0 radical (unpaired) electrons. The van der Waals surface area contributed by atoms with Crippen molar-refractivity contribution in [2.75, 3.05) is 6.61 Å². The number of rotatable bonds is 4. The number of hydrazone groups is 1. The molecule has 1 aliphatic rings. The Kier molecular flexibility index (Phi) is 3.75. The van der Waals surface area contributed by atoms with E-state index in [-0.39, 0.29) is 5.91 Å². The monoisotopic (exact) mass is 232 g/mol. The molecule has 4 heteroatoms. The molecule has 0 fully saturated rings. The highest BCUT2D eigenvalue weighted by Gasteiger charge is 2.13. The topological polar surface area (TPSA) is 50.7 Å². The molecule has 4 nitrogen and oxygen atoms in total. The van der Waals surface area contributed by atoms with Gasteiger partial charge < -0.3 is 4.74 Å². The Labute approximate surface area is 101 Å². The van der Waals surface area contributed by atoms with Gasteiger partial charge in [-0.05, 0) is 18.6 Å². The molecule has 0 atom stereocenters. The van der Waals surface area contributed by atoms with Crippen LogP contribution in [0.5, 0.6) is 5.75 Å². The normalized spacial score (nSPS) is 15.1. The van der Waals surface area contributed by atoms with E-state index in [0.29, 0.717) is 19.4 Å². The Morgan fingerprint density at radius 2 is 2.29 bits per heavy atom. The van der Waals surface area contributed by atoms with Crippen molar-refractivity contribution in [3.63, 3.8) is 0 Å². The third kappa shape index (κ3) is 3.06. The van der Waals surface area contributed by atoms with E-state index < -0.39 is 0 Å². The second-order valence-corrected chi connectivity index (χ2v) is 3.97. The fraction of sp³-hybridized carbons (Fsp3) is 0.385. The quantitative estimate of drug-likeness (QED) is 0.864. The van der Waals surface area contributed by atoms with E-state index in [1.165, 1.54) is 0 Å². The van der Waals surface area contributed by atoms with Gasteiger partial charge in [-0.1, -0.05) is 19.1 Å². The minimum Gasteiger partial charge on any atom is -0.494 e. The lowest BCUT2D eigenvalue weighted by Gasteiger charge is -2.13. The molecule has 90 valence electrons. The van der Waals surface area contributed by atoms with E-state index in [1.807, 2.05) is 24.3 Å². The number of benzene rings is 1. The van der Waals surface area contributed by atoms with Gasteiger partial charge in [0.05, 0.1) is 12.3 Å². The van der Waals surface area contributed by atoms with Gasteiger partial charge in [0, 0.05) is 18.4 Å². The third-order valence-electron chi connectivity index (χ3n) is 2.54. The van der Waals surface area contributed by atoms with Crippen LogP contribution in [-0.2, 0) is 4.79 Å². The van der Waals surface area contributed by atoms with Crippen LogP contribution in [0.4, 0.5) is 0 Å².